The molecule has 2 aliphatic heterocycles. The van der Waals surface area contributed by atoms with Crippen LogP contribution in [0.5, 0.6) is 0 Å². The topological polar surface area (TPSA) is 165 Å². The van der Waals surface area contributed by atoms with E-state index in [9.17, 15) is 19.7 Å². The molecule has 0 aromatic heterocycles. The van der Waals surface area contributed by atoms with E-state index < -0.39 is 30.7 Å². The highest BCUT2D eigenvalue weighted by Crippen LogP contribution is 2.73. The zero-order chi connectivity index (χ0) is 13.7. The first-order chi connectivity index (χ1) is 7.23. The molecule has 7 N–H and O–H groups in total. The predicted molar refractivity (Wildman–Crippen MR) is 54.8 cm³/mol. The van der Waals surface area contributed by atoms with Crippen molar-refractivity contribution in [2.75, 3.05) is 0 Å². The highest BCUT2D eigenvalue weighted by atomic mass is 31.2. The highest BCUT2D eigenvalue weighted by Gasteiger charge is 2.88. The zero-order valence-corrected chi connectivity index (χ0v) is 9.77. The highest BCUT2D eigenvalue weighted by molar-refractivity contribution is 7.54. The summed E-state index contributed by atoms with van der Waals surface area (Å²) in [6.07, 6.45) is 0. The van der Waals surface area contributed by atoms with E-state index in [1.807, 2.05) is 0 Å². The summed E-state index contributed by atoms with van der Waals surface area (Å²) >= 11 is 0. The molecule has 13 heteroatoms. The van der Waals surface area contributed by atoms with Crippen molar-refractivity contribution in [2.45, 2.75) is 23.1 Å². The van der Waals surface area contributed by atoms with Crippen LogP contribution >= 0.6 is 7.67 Å². The van der Waals surface area contributed by atoms with Gasteiger partial charge in [-0.25, -0.2) is 0 Å². The van der Waals surface area contributed by atoms with E-state index in [0.717, 1.165) is 15.7 Å². The first-order valence-electron chi connectivity index (χ1n) is 4.52. The van der Waals surface area contributed by atoms with Crippen LogP contribution in [0, 0.1) is 0 Å². The molecule has 17 heavy (non-hydrogen) atoms. The van der Waals surface area contributed by atoms with E-state index in [0.29, 0.717) is 0 Å². The van der Waals surface area contributed by atoms with Gasteiger partial charge >= 0.3 is 19.5 Å². The Morgan fingerprint density at radius 1 is 0.824 bits per heavy atom. The third-order valence-corrected chi connectivity index (χ3v) is 5.56. The molecular weight excluding hydrogens is 257 g/mol. The van der Waals surface area contributed by atoms with E-state index in [2.05, 4.69) is 0 Å². The van der Waals surface area contributed by atoms with Gasteiger partial charge in [-0.3, -0.25) is 4.57 Å². The summed E-state index contributed by atoms with van der Waals surface area (Å²) in [4.78, 5) is 9.58. The van der Waals surface area contributed by atoms with Crippen LogP contribution in [0.1, 0.15) is 0 Å². The van der Waals surface area contributed by atoms with E-state index >= 15 is 0 Å². The molecule has 0 spiro atoms. The number of hydrogen-bond acceptors (Lipinski definition) is 7. The molecular formula is C4H11B2N2O8P. The van der Waals surface area contributed by atoms with Gasteiger partial charge in [-0.05, 0) is 0 Å². The molecule has 0 radical (unpaired) electrons. The zero-order valence-electron chi connectivity index (χ0n) is 8.88. The monoisotopic (exact) mass is 268 g/mol. The van der Waals surface area contributed by atoms with Gasteiger partial charge in [0.15, 0.2) is 15.7 Å². The molecule has 3 unspecified atom stereocenters. The second kappa shape index (κ2) is 2.78. The summed E-state index contributed by atoms with van der Waals surface area (Å²) < 4.78 is 11.8. The first kappa shape index (κ1) is 13.4. The van der Waals surface area contributed by atoms with Gasteiger partial charge in [-0.1, -0.05) is 4.67 Å². The minimum absolute atomic E-state index is 0.238. The fourth-order valence-electron chi connectivity index (χ4n) is 1.82. The van der Waals surface area contributed by atoms with Gasteiger partial charge in [0.2, 0.25) is 0 Å². The number of rotatable bonds is 2. The summed E-state index contributed by atoms with van der Waals surface area (Å²) in [6, 6.07) is 0. The lowest BCUT2D eigenvalue weighted by Gasteiger charge is -2.16. The standard InChI is InChI=1S/C4H11B2N2O8P/c5-1(9)2(6,10)7(1)17(15,16)8-3(11,12)4(8,13)14/h9-14H,5-6H2,(H,15,16). The van der Waals surface area contributed by atoms with Gasteiger partial charge in [0.1, 0.15) is 11.2 Å². The van der Waals surface area contributed by atoms with Crippen molar-refractivity contribution < 1.29 is 40.1 Å². The summed E-state index contributed by atoms with van der Waals surface area (Å²) in [6.45, 7) is 0. The van der Waals surface area contributed by atoms with Crippen LogP contribution < -0.4 is 0 Å². The third kappa shape index (κ3) is 1.25. The Kier molecular flexibility index (Phi) is 2.19. The molecule has 0 bridgehead atoms. The largest absolute Gasteiger partial charge is 0.380 e. The molecule has 3 atom stereocenters. The van der Waals surface area contributed by atoms with E-state index in [1.165, 1.54) is 0 Å². The second-order valence-electron chi connectivity index (χ2n) is 4.45. The summed E-state index contributed by atoms with van der Waals surface area (Å²) in [5.74, 6) is -6.65. The van der Waals surface area contributed by atoms with Crippen molar-refractivity contribution in [1.29, 1.82) is 0 Å². The summed E-state index contributed by atoms with van der Waals surface area (Å²) in [7, 11) is -2.92. The van der Waals surface area contributed by atoms with Crippen molar-refractivity contribution >= 4 is 23.4 Å². The van der Waals surface area contributed by atoms with Crippen LogP contribution in [0.4, 0.5) is 0 Å². The van der Waals surface area contributed by atoms with Crippen LogP contribution in [0.25, 0.3) is 0 Å². The van der Waals surface area contributed by atoms with Gasteiger partial charge in [-0.15, -0.1) is 0 Å². The Bertz CT molecular complexity index is 373. The van der Waals surface area contributed by atoms with Crippen LogP contribution in [-0.2, 0) is 4.57 Å². The van der Waals surface area contributed by atoms with Crippen molar-refractivity contribution in [2.24, 2.45) is 0 Å². The van der Waals surface area contributed by atoms with Crippen LogP contribution in [0.3, 0.4) is 0 Å². The molecule has 2 fully saturated rings. The van der Waals surface area contributed by atoms with Gasteiger partial charge in [0.05, 0.1) is 0 Å². The van der Waals surface area contributed by atoms with Gasteiger partial charge in [0, 0.05) is 0 Å². The molecule has 0 amide bonds. The number of aliphatic hydroxyl groups is 6. The Morgan fingerprint density at radius 2 is 1.12 bits per heavy atom. The molecule has 10 nitrogen and oxygen atoms in total. The first-order valence-corrected chi connectivity index (χ1v) is 6.08. The van der Waals surface area contributed by atoms with E-state index in [4.69, 9.17) is 20.4 Å². The molecule has 2 heterocycles. The van der Waals surface area contributed by atoms with Gasteiger partial charge < -0.3 is 35.5 Å². The maximum Gasteiger partial charge on any atom is 0.356 e. The van der Waals surface area contributed by atoms with E-state index in [-0.39, 0.29) is 9.34 Å². The maximum atomic E-state index is 11.8. The quantitative estimate of drug-likeness (QED) is 0.111. The van der Waals surface area contributed by atoms with Crippen LogP contribution in [-0.4, -0.2) is 83.6 Å². The van der Waals surface area contributed by atoms with Gasteiger partial charge in [0.25, 0.3) is 0 Å². The Morgan fingerprint density at radius 3 is 1.29 bits per heavy atom. The SMILES string of the molecule is BC1(O)N(P(=O)(O)N2C(O)(O)C2(O)O)C1(B)O. The van der Waals surface area contributed by atoms with Crippen molar-refractivity contribution in [3.63, 3.8) is 0 Å². The summed E-state index contributed by atoms with van der Waals surface area (Å²) in [5.41, 5.74) is -4.21. The molecule has 2 saturated heterocycles. The van der Waals surface area contributed by atoms with Gasteiger partial charge in [-0.2, -0.15) is 4.67 Å². The normalized spacial score (nSPS) is 50.6. The number of nitrogens with zero attached hydrogens (tertiary/aromatic N) is 2. The smallest absolute Gasteiger partial charge is 0.356 e. The number of hydrogen-bond donors (Lipinski definition) is 7. The van der Waals surface area contributed by atoms with Crippen LogP contribution in [0.15, 0.2) is 0 Å². The average molecular weight is 268 g/mol. The Hall–Kier alpha value is -0.000130. The third-order valence-electron chi connectivity index (χ3n) is 3.18. The van der Waals surface area contributed by atoms with Crippen LogP contribution in [0.2, 0.25) is 0 Å². The predicted octanol–water partition coefficient (Wildman–Crippen LogP) is -6.45. The lowest BCUT2D eigenvalue weighted by Crippen LogP contribution is -2.25. The minimum atomic E-state index is -4.93. The molecule has 0 aromatic carbocycles. The lowest BCUT2D eigenvalue weighted by atomic mass is 9.83. The molecule has 2 rings (SSSR count). The summed E-state index contributed by atoms with van der Waals surface area (Å²) in [5, 5.41) is 55.3. The fraction of sp³-hybridized carbons (Fsp3) is 1.00. The molecule has 0 aliphatic carbocycles. The lowest BCUT2D eigenvalue weighted by molar-refractivity contribution is -0.207. The van der Waals surface area contributed by atoms with Crippen molar-refractivity contribution in [3.05, 3.63) is 0 Å². The average Bonchev–Trinajstić information content (AvgIpc) is 2.56. The van der Waals surface area contributed by atoms with Crippen molar-refractivity contribution in [3.8, 4) is 0 Å². The Balaban J connectivity index is 2.34. The molecule has 0 saturated carbocycles. The molecule has 2 aliphatic rings. The van der Waals surface area contributed by atoms with E-state index in [1.54, 1.807) is 0 Å². The second-order valence-corrected chi connectivity index (χ2v) is 6.28. The Labute approximate surface area is 96.7 Å². The fourth-order valence-corrected chi connectivity index (χ4v) is 4.30. The minimum Gasteiger partial charge on any atom is -0.380 e. The maximum absolute atomic E-state index is 11.8. The molecule has 0 aromatic rings. The van der Waals surface area contributed by atoms with Crippen molar-refractivity contribution in [1.82, 2.24) is 9.34 Å². The molecule has 96 valence electrons.